The third kappa shape index (κ3) is 5.17. The van der Waals surface area contributed by atoms with E-state index < -0.39 is 0 Å². The highest BCUT2D eigenvalue weighted by Crippen LogP contribution is 2.36. The Kier molecular flexibility index (Phi) is 6.75. The predicted octanol–water partition coefficient (Wildman–Crippen LogP) is 4.80. The lowest BCUT2D eigenvalue weighted by atomic mass is 9.84. The molecule has 1 aromatic heterocycles. The van der Waals surface area contributed by atoms with Crippen LogP contribution in [-0.4, -0.2) is 55.2 Å². The summed E-state index contributed by atoms with van der Waals surface area (Å²) in [5, 5.41) is 4.35. The van der Waals surface area contributed by atoms with Gasteiger partial charge in [0.15, 0.2) is 11.3 Å². The van der Waals surface area contributed by atoms with E-state index in [2.05, 4.69) is 22.3 Å². The molecule has 0 radical (unpaired) electrons. The topological polar surface area (TPSA) is 58.0 Å². The number of carbonyl (C=O) groups excluding carboxylic acids is 1. The Morgan fingerprint density at radius 3 is 2.74 bits per heavy atom. The summed E-state index contributed by atoms with van der Waals surface area (Å²) in [6.07, 6.45) is 7.00. The van der Waals surface area contributed by atoms with Gasteiger partial charge in [-0.3, -0.25) is 4.90 Å². The molecular formula is C25H37N3O3. The molecule has 6 nitrogen and oxygen atoms in total. The normalized spacial score (nSPS) is 21.8. The van der Waals surface area contributed by atoms with Crippen molar-refractivity contribution in [1.29, 1.82) is 0 Å². The molecule has 0 atom stereocenters. The van der Waals surface area contributed by atoms with Gasteiger partial charge in [-0.2, -0.15) is 0 Å². The van der Waals surface area contributed by atoms with Crippen LogP contribution in [0, 0.1) is 5.92 Å². The number of para-hydroxylation sites is 1. The van der Waals surface area contributed by atoms with Crippen molar-refractivity contribution in [2.24, 2.45) is 5.92 Å². The van der Waals surface area contributed by atoms with Gasteiger partial charge in [-0.25, -0.2) is 4.79 Å². The molecular weight excluding hydrogens is 390 g/mol. The molecule has 1 aromatic carbocycles. The van der Waals surface area contributed by atoms with Gasteiger partial charge >= 0.3 is 6.03 Å². The molecule has 6 heteroatoms. The second-order valence-corrected chi connectivity index (χ2v) is 9.68. The Labute approximate surface area is 185 Å². The zero-order valence-corrected chi connectivity index (χ0v) is 19.4. The maximum Gasteiger partial charge on any atom is 0.317 e. The first-order valence-corrected chi connectivity index (χ1v) is 11.8. The van der Waals surface area contributed by atoms with Crippen LogP contribution in [-0.2, 0) is 13.0 Å². The summed E-state index contributed by atoms with van der Waals surface area (Å²) in [4.78, 5) is 16.0. The third-order valence-electron chi connectivity index (χ3n) is 6.71. The minimum absolute atomic E-state index is 0.0281. The Bertz CT molecular complexity index is 897. The number of nitrogens with one attached hydrogen (secondary N) is 1. The summed E-state index contributed by atoms with van der Waals surface area (Å²) in [6, 6.07) is 6.60. The minimum Gasteiger partial charge on any atom is -0.487 e. The molecule has 1 saturated carbocycles. The fraction of sp³-hybridized carbons (Fsp3) is 0.640. The first kappa shape index (κ1) is 22.0. The average Bonchev–Trinajstić information content (AvgIpc) is 3.12. The Balaban J connectivity index is 1.30. The molecule has 1 N–H and O–H groups in total. The van der Waals surface area contributed by atoms with Gasteiger partial charge in [-0.05, 0) is 70.9 Å². The molecule has 4 rings (SSSR count). The number of hydrogen-bond donors (Lipinski definition) is 1. The molecule has 1 aliphatic carbocycles. The summed E-state index contributed by atoms with van der Waals surface area (Å²) >= 11 is 0. The third-order valence-corrected chi connectivity index (χ3v) is 6.71. The van der Waals surface area contributed by atoms with Crippen LogP contribution >= 0.6 is 0 Å². The van der Waals surface area contributed by atoms with Gasteiger partial charge in [-0.15, -0.1) is 0 Å². The van der Waals surface area contributed by atoms with E-state index in [1.807, 2.05) is 19.9 Å². The van der Waals surface area contributed by atoms with Crippen molar-refractivity contribution in [1.82, 2.24) is 15.1 Å². The summed E-state index contributed by atoms with van der Waals surface area (Å²) in [5.74, 6) is 2.72. The van der Waals surface area contributed by atoms with E-state index in [0.717, 1.165) is 61.9 Å². The maximum absolute atomic E-state index is 11.9. The number of nitrogens with zero attached hydrogens (tertiary/aromatic N) is 2. The lowest BCUT2D eigenvalue weighted by Gasteiger charge is -2.32. The van der Waals surface area contributed by atoms with Crippen LogP contribution in [0.5, 0.6) is 5.75 Å². The van der Waals surface area contributed by atoms with Crippen molar-refractivity contribution in [3.63, 3.8) is 0 Å². The number of benzene rings is 1. The van der Waals surface area contributed by atoms with Gasteiger partial charge in [-0.1, -0.05) is 12.1 Å². The lowest BCUT2D eigenvalue weighted by Crippen LogP contribution is -2.43. The molecule has 2 aliphatic rings. The SMILES string of the molecule is CC(C)Oc1cccc2c3c(oc12)CN(CCC1CCC(NC(=O)N(C)C)CC1)CC3. The zero-order chi connectivity index (χ0) is 22.0. The van der Waals surface area contributed by atoms with Gasteiger partial charge in [0.05, 0.1) is 12.6 Å². The van der Waals surface area contributed by atoms with Gasteiger partial charge in [0.1, 0.15) is 5.76 Å². The molecule has 2 heterocycles. The van der Waals surface area contributed by atoms with E-state index in [9.17, 15) is 4.79 Å². The van der Waals surface area contributed by atoms with E-state index >= 15 is 0 Å². The highest BCUT2D eigenvalue weighted by atomic mass is 16.5. The molecule has 0 bridgehead atoms. The first-order chi connectivity index (χ1) is 14.9. The van der Waals surface area contributed by atoms with Crippen molar-refractivity contribution in [2.75, 3.05) is 27.2 Å². The summed E-state index contributed by atoms with van der Waals surface area (Å²) in [7, 11) is 3.59. The Morgan fingerprint density at radius 2 is 2.03 bits per heavy atom. The molecule has 2 amide bonds. The number of ether oxygens (including phenoxy) is 1. The fourth-order valence-corrected chi connectivity index (χ4v) is 4.95. The van der Waals surface area contributed by atoms with Gasteiger partial charge < -0.3 is 19.4 Å². The van der Waals surface area contributed by atoms with Crippen molar-refractivity contribution in [3.8, 4) is 5.75 Å². The number of urea groups is 1. The van der Waals surface area contributed by atoms with Crippen molar-refractivity contribution in [2.45, 2.75) is 71.1 Å². The standard InChI is InChI=1S/C25H37N3O3/c1-17(2)30-22-7-5-6-21-20-13-15-28(16-23(20)31-24(21)22)14-12-18-8-10-19(11-9-18)26-25(29)27(3)4/h5-7,17-19H,8-16H2,1-4H3,(H,26,29). The smallest absolute Gasteiger partial charge is 0.317 e. The highest BCUT2D eigenvalue weighted by Gasteiger charge is 2.26. The fourth-order valence-electron chi connectivity index (χ4n) is 4.95. The van der Waals surface area contributed by atoms with Crippen molar-refractivity contribution in [3.05, 3.63) is 29.5 Å². The molecule has 2 aromatic rings. The highest BCUT2D eigenvalue weighted by molar-refractivity contribution is 5.87. The van der Waals surface area contributed by atoms with Gasteiger partial charge in [0.2, 0.25) is 0 Å². The minimum atomic E-state index is 0.0281. The second kappa shape index (κ2) is 9.51. The van der Waals surface area contributed by atoms with Crippen LogP contribution in [0.25, 0.3) is 11.0 Å². The molecule has 0 spiro atoms. The Morgan fingerprint density at radius 1 is 1.26 bits per heavy atom. The van der Waals surface area contributed by atoms with Gasteiger partial charge in [0, 0.05) is 37.6 Å². The van der Waals surface area contributed by atoms with Crippen LogP contribution < -0.4 is 10.1 Å². The van der Waals surface area contributed by atoms with Crippen molar-refractivity contribution < 1.29 is 13.9 Å². The number of hydrogen-bond acceptors (Lipinski definition) is 4. The van der Waals surface area contributed by atoms with Crippen LogP contribution in [0.1, 0.15) is 57.3 Å². The first-order valence-electron chi connectivity index (χ1n) is 11.8. The van der Waals surface area contributed by atoms with E-state index in [0.29, 0.717) is 6.04 Å². The Hall–Kier alpha value is -2.21. The van der Waals surface area contributed by atoms with Gasteiger partial charge in [0.25, 0.3) is 0 Å². The lowest BCUT2D eigenvalue weighted by molar-refractivity contribution is 0.187. The number of furan rings is 1. The van der Waals surface area contributed by atoms with E-state index in [-0.39, 0.29) is 12.1 Å². The van der Waals surface area contributed by atoms with Crippen molar-refractivity contribution >= 4 is 17.0 Å². The van der Waals surface area contributed by atoms with Crippen LogP contribution in [0.3, 0.4) is 0 Å². The molecule has 0 saturated heterocycles. The summed E-state index contributed by atoms with van der Waals surface area (Å²) < 4.78 is 12.3. The second-order valence-electron chi connectivity index (χ2n) is 9.68. The number of amides is 2. The molecule has 31 heavy (non-hydrogen) atoms. The van der Waals surface area contributed by atoms with Crippen LogP contribution in [0.15, 0.2) is 22.6 Å². The predicted molar refractivity (Wildman–Crippen MR) is 124 cm³/mol. The quantitative estimate of drug-likeness (QED) is 0.720. The largest absolute Gasteiger partial charge is 0.487 e. The van der Waals surface area contributed by atoms with E-state index in [1.54, 1.807) is 19.0 Å². The number of carbonyl (C=O) groups is 1. The molecule has 170 valence electrons. The number of fused-ring (bicyclic) bond motifs is 3. The monoisotopic (exact) mass is 427 g/mol. The average molecular weight is 428 g/mol. The molecule has 0 unspecified atom stereocenters. The van der Waals surface area contributed by atoms with E-state index in [4.69, 9.17) is 9.15 Å². The maximum atomic E-state index is 11.9. The number of rotatable bonds is 6. The van der Waals surface area contributed by atoms with Crippen LogP contribution in [0.4, 0.5) is 4.79 Å². The van der Waals surface area contributed by atoms with E-state index in [1.165, 1.54) is 30.2 Å². The molecule has 1 aliphatic heterocycles. The summed E-state index contributed by atoms with van der Waals surface area (Å²) in [6.45, 7) is 7.19. The van der Waals surface area contributed by atoms with Crippen LogP contribution in [0.2, 0.25) is 0 Å². The molecule has 1 fully saturated rings. The summed E-state index contributed by atoms with van der Waals surface area (Å²) in [5.41, 5.74) is 2.26. The zero-order valence-electron chi connectivity index (χ0n) is 19.4.